The third kappa shape index (κ3) is 4.01. The molecule has 3 aromatic rings. The Labute approximate surface area is 165 Å². The molecule has 28 heavy (non-hydrogen) atoms. The van der Waals surface area contributed by atoms with E-state index in [1.807, 2.05) is 72.8 Å². The summed E-state index contributed by atoms with van der Waals surface area (Å²) in [6.07, 6.45) is 0.829. The molecule has 0 fully saturated rings. The number of ether oxygens (including phenoxy) is 2. The highest BCUT2D eigenvalue weighted by Crippen LogP contribution is 2.39. The van der Waals surface area contributed by atoms with Gasteiger partial charge in [0.1, 0.15) is 13.2 Å². The van der Waals surface area contributed by atoms with Gasteiger partial charge in [0, 0.05) is 19.5 Å². The van der Waals surface area contributed by atoms with Crippen LogP contribution >= 0.6 is 0 Å². The van der Waals surface area contributed by atoms with Crippen LogP contribution in [-0.2, 0) is 24.4 Å². The molecule has 0 radical (unpaired) electrons. The Kier molecular flexibility index (Phi) is 5.29. The Bertz CT molecular complexity index is 954. The van der Waals surface area contributed by atoms with E-state index in [4.69, 9.17) is 9.47 Å². The molecule has 0 unspecified atom stereocenters. The van der Waals surface area contributed by atoms with Gasteiger partial charge in [-0.15, -0.1) is 0 Å². The summed E-state index contributed by atoms with van der Waals surface area (Å²) in [5.74, 6) is 1.42. The lowest BCUT2D eigenvalue weighted by Gasteiger charge is -2.18. The summed E-state index contributed by atoms with van der Waals surface area (Å²) >= 11 is 0. The number of fused-ring (bicyclic) bond motifs is 1. The van der Waals surface area contributed by atoms with Gasteiger partial charge in [0.2, 0.25) is 5.91 Å². The maximum atomic E-state index is 11.9. The minimum atomic E-state index is 0.0470. The largest absolute Gasteiger partial charge is 0.485 e. The zero-order chi connectivity index (χ0) is 19.3. The minimum absolute atomic E-state index is 0.0470. The maximum absolute atomic E-state index is 11.9. The van der Waals surface area contributed by atoms with Crippen molar-refractivity contribution >= 4 is 11.6 Å². The Morgan fingerprint density at radius 2 is 1.39 bits per heavy atom. The van der Waals surface area contributed by atoms with Crippen LogP contribution in [0.25, 0.3) is 0 Å². The molecule has 0 aromatic heterocycles. The van der Waals surface area contributed by atoms with E-state index >= 15 is 0 Å². The fourth-order valence-corrected chi connectivity index (χ4v) is 3.42. The Hall–Kier alpha value is -3.27. The van der Waals surface area contributed by atoms with Crippen LogP contribution in [0.3, 0.4) is 0 Å². The standard InChI is InChI=1S/C24H23NO3/c1-18(26)25-13-12-21-14-23(27-16-19-8-4-2-5-9-19)24(15-22(21)25)28-17-20-10-6-3-7-11-20/h2-11,14-15H,12-13,16-17H2,1H3. The van der Waals surface area contributed by atoms with E-state index in [9.17, 15) is 4.79 Å². The third-order valence-electron chi connectivity index (χ3n) is 4.89. The number of benzene rings is 3. The van der Waals surface area contributed by atoms with E-state index in [-0.39, 0.29) is 5.91 Å². The summed E-state index contributed by atoms with van der Waals surface area (Å²) in [4.78, 5) is 13.7. The second-order valence-corrected chi connectivity index (χ2v) is 6.90. The quantitative estimate of drug-likeness (QED) is 0.626. The molecule has 4 nitrogen and oxygen atoms in total. The Balaban J connectivity index is 1.60. The van der Waals surface area contributed by atoms with Crippen LogP contribution in [0.4, 0.5) is 5.69 Å². The second kappa shape index (κ2) is 8.17. The van der Waals surface area contributed by atoms with E-state index in [0.29, 0.717) is 31.3 Å². The third-order valence-corrected chi connectivity index (χ3v) is 4.89. The summed E-state index contributed by atoms with van der Waals surface area (Å²) in [6, 6.07) is 24.0. The zero-order valence-electron chi connectivity index (χ0n) is 15.9. The molecule has 3 aromatic carbocycles. The first kappa shape index (κ1) is 18.1. The van der Waals surface area contributed by atoms with Crippen molar-refractivity contribution in [3.05, 3.63) is 89.5 Å². The van der Waals surface area contributed by atoms with E-state index in [0.717, 1.165) is 28.8 Å². The number of hydrogen-bond acceptors (Lipinski definition) is 3. The molecule has 4 rings (SSSR count). The SMILES string of the molecule is CC(=O)N1CCc2cc(OCc3ccccc3)c(OCc3ccccc3)cc21. The van der Waals surface area contributed by atoms with Gasteiger partial charge in [0.25, 0.3) is 0 Å². The number of carbonyl (C=O) groups is 1. The van der Waals surface area contributed by atoms with Crippen LogP contribution in [0.5, 0.6) is 11.5 Å². The molecule has 1 aliphatic heterocycles. The number of hydrogen-bond donors (Lipinski definition) is 0. The Morgan fingerprint density at radius 1 is 0.857 bits per heavy atom. The van der Waals surface area contributed by atoms with Gasteiger partial charge in [0.15, 0.2) is 11.5 Å². The molecule has 0 spiro atoms. The van der Waals surface area contributed by atoms with Crippen molar-refractivity contribution < 1.29 is 14.3 Å². The van der Waals surface area contributed by atoms with Gasteiger partial charge in [0.05, 0.1) is 5.69 Å². The molecule has 0 atom stereocenters. The Morgan fingerprint density at radius 3 is 1.93 bits per heavy atom. The maximum Gasteiger partial charge on any atom is 0.223 e. The van der Waals surface area contributed by atoms with Crippen LogP contribution in [-0.4, -0.2) is 12.5 Å². The van der Waals surface area contributed by atoms with Crippen LogP contribution in [0.1, 0.15) is 23.6 Å². The summed E-state index contributed by atoms with van der Waals surface area (Å²) in [7, 11) is 0. The predicted octanol–water partition coefficient (Wildman–Crippen LogP) is 4.75. The van der Waals surface area contributed by atoms with Crippen LogP contribution in [0, 0.1) is 0 Å². The topological polar surface area (TPSA) is 38.8 Å². The van der Waals surface area contributed by atoms with Gasteiger partial charge >= 0.3 is 0 Å². The zero-order valence-corrected chi connectivity index (χ0v) is 15.9. The highest BCUT2D eigenvalue weighted by molar-refractivity contribution is 5.94. The van der Waals surface area contributed by atoms with Crippen LogP contribution in [0.15, 0.2) is 72.8 Å². The van der Waals surface area contributed by atoms with E-state index in [1.54, 1.807) is 11.8 Å². The van der Waals surface area contributed by atoms with Crippen molar-refractivity contribution in [3.63, 3.8) is 0 Å². The van der Waals surface area contributed by atoms with Crippen molar-refractivity contribution in [2.45, 2.75) is 26.6 Å². The van der Waals surface area contributed by atoms with Crippen molar-refractivity contribution in [1.29, 1.82) is 0 Å². The first-order valence-corrected chi connectivity index (χ1v) is 9.49. The van der Waals surface area contributed by atoms with E-state index in [1.165, 1.54) is 0 Å². The molecule has 0 saturated carbocycles. The lowest BCUT2D eigenvalue weighted by molar-refractivity contribution is -0.116. The number of carbonyl (C=O) groups excluding carboxylic acids is 1. The average Bonchev–Trinajstić information content (AvgIpc) is 3.15. The molecule has 1 heterocycles. The van der Waals surface area contributed by atoms with Crippen LogP contribution < -0.4 is 14.4 Å². The summed E-state index contributed by atoms with van der Waals surface area (Å²) in [5, 5.41) is 0. The molecule has 142 valence electrons. The molecule has 0 aliphatic carbocycles. The highest BCUT2D eigenvalue weighted by atomic mass is 16.5. The monoisotopic (exact) mass is 373 g/mol. The average molecular weight is 373 g/mol. The predicted molar refractivity (Wildman–Crippen MR) is 110 cm³/mol. The summed E-state index contributed by atoms with van der Waals surface area (Å²) < 4.78 is 12.2. The first-order valence-electron chi connectivity index (χ1n) is 9.49. The fourth-order valence-electron chi connectivity index (χ4n) is 3.42. The highest BCUT2D eigenvalue weighted by Gasteiger charge is 2.25. The van der Waals surface area contributed by atoms with Crippen molar-refractivity contribution in [2.24, 2.45) is 0 Å². The molecule has 1 amide bonds. The molecule has 0 N–H and O–H groups in total. The molecule has 1 aliphatic rings. The van der Waals surface area contributed by atoms with E-state index in [2.05, 4.69) is 0 Å². The molecule has 0 bridgehead atoms. The van der Waals surface area contributed by atoms with Gasteiger partial charge in [-0.2, -0.15) is 0 Å². The normalized spacial score (nSPS) is 12.5. The fraction of sp³-hybridized carbons (Fsp3) is 0.208. The molecular formula is C24H23NO3. The molecular weight excluding hydrogens is 350 g/mol. The van der Waals surface area contributed by atoms with Crippen LogP contribution in [0.2, 0.25) is 0 Å². The van der Waals surface area contributed by atoms with Crippen molar-refractivity contribution in [1.82, 2.24) is 0 Å². The van der Waals surface area contributed by atoms with Gasteiger partial charge in [-0.25, -0.2) is 0 Å². The lowest BCUT2D eigenvalue weighted by atomic mass is 10.1. The smallest absolute Gasteiger partial charge is 0.223 e. The van der Waals surface area contributed by atoms with Gasteiger partial charge in [-0.1, -0.05) is 60.7 Å². The van der Waals surface area contributed by atoms with Crippen molar-refractivity contribution in [3.8, 4) is 11.5 Å². The molecule has 4 heteroatoms. The van der Waals surface area contributed by atoms with Crippen molar-refractivity contribution in [2.75, 3.05) is 11.4 Å². The number of rotatable bonds is 6. The minimum Gasteiger partial charge on any atom is -0.485 e. The summed E-state index contributed by atoms with van der Waals surface area (Å²) in [5.41, 5.74) is 4.22. The molecule has 0 saturated heterocycles. The van der Waals surface area contributed by atoms with Gasteiger partial charge in [-0.05, 0) is 29.2 Å². The number of amides is 1. The first-order chi connectivity index (χ1) is 13.7. The number of nitrogens with zero attached hydrogens (tertiary/aromatic N) is 1. The van der Waals surface area contributed by atoms with E-state index < -0.39 is 0 Å². The summed E-state index contributed by atoms with van der Waals surface area (Å²) in [6.45, 7) is 3.21. The van der Waals surface area contributed by atoms with Gasteiger partial charge < -0.3 is 14.4 Å². The second-order valence-electron chi connectivity index (χ2n) is 6.90. The lowest BCUT2D eigenvalue weighted by Crippen LogP contribution is -2.25. The number of anilines is 1. The van der Waals surface area contributed by atoms with Gasteiger partial charge in [-0.3, -0.25) is 4.79 Å².